The first-order valence-corrected chi connectivity index (χ1v) is 9.35. The molecule has 152 valence electrons. The standard InChI is InChI=1S/C20H29F2NO4/c1-3-4-9-15(2)17(24)12-11-16-14-20(21,22)19(27)23(16)13-8-6-5-7-10-18(25)26/h11-12,15-17,24H,5-10,13-14H2,1-2H3,(H,25,26)/b12-11+/t15-,16+,17+/m1/s1. The zero-order valence-corrected chi connectivity index (χ0v) is 16.0. The van der Waals surface area contributed by atoms with Gasteiger partial charge in [-0.05, 0) is 25.7 Å². The lowest BCUT2D eigenvalue weighted by molar-refractivity contribution is -0.148. The van der Waals surface area contributed by atoms with Crippen LogP contribution in [0.5, 0.6) is 0 Å². The van der Waals surface area contributed by atoms with E-state index >= 15 is 0 Å². The molecule has 2 N–H and O–H groups in total. The van der Waals surface area contributed by atoms with Crippen molar-refractivity contribution in [2.75, 3.05) is 6.54 Å². The molecule has 0 aromatic heterocycles. The Morgan fingerprint density at radius 3 is 2.67 bits per heavy atom. The van der Waals surface area contributed by atoms with Crippen LogP contribution in [0.2, 0.25) is 0 Å². The third-order valence-corrected chi connectivity index (χ3v) is 4.69. The summed E-state index contributed by atoms with van der Waals surface area (Å²) in [5.41, 5.74) is 0. The second kappa shape index (κ2) is 11.0. The number of carboxylic acid groups (broad SMARTS) is 1. The summed E-state index contributed by atoms with van der Waals surface area (Å²) in [5.74, 6) is 0.0706. The Labute approximate surface area is 159 Å². The van der Waals surface area contributed by atoms with Gasteiger partial charge < -0.3 is 15.1 Å². The number of carboxylic acids is 1. The van der Waals surface area contributed by atoms with Gasteiger partial charge in [-0.1, -0.05) is 31.9 Å². The molecule has 1 fully saturated rings. The van der Waals surface area contributed by atoms with Crippen molar-refractivity contribution in [3.05, 3.63) is 12.2 Å². The van der Waals surface area contributed by atoms with Crippen molar-refractivity contribution in [2.24, 2.45) is 5.92 Å². The summed E-state index contributed by atoms with van der Waals surface area (Å²) in [6.07, 6.45) is 4.58. The molecule has 5 nitrogen and oxygen atoms in total. The van der Waals surface area contributed by atoms with Gasteiger partial charge in [0.05, 0.1) is 12.1 Å². The van der Waals surface area contributed by atoms with Crippen LogP contribution in [0, 0.1) is 17.8 Å². The first kappa shape index (κ1) is 23.1. The van der Waals surface area contributed by atoms with Gasteiger partial charge in [-0.3, -0.25) is 9.59 Å². The number of alkyl halides is 2. The van der Waals surface area contributed by atoms with Crippen LogP contribution in [0.4, 0.5) is 8.78 Å². The van der Waals surface area contributed by atoms with Gasteiger partial charge in [0.2, 0.25) is 0 Å². The van der Waals surface area contributed by atoms with Crippen LogP contribution in [0.1, 0.15) is 58.8 Å². The number of amides is 1. The van der Waals surface area contributed by atoms with E-state index in [1.54, 1.807) is 6.92 Å². The molecule has 1 heterocycles. The minimum Gasteiger partial charge on any atom is -0.481 e. The van der Waals surface area contributed by atoms with E-state index in [0.717, 1.165) is 4.90 Å². The van der Waals surface area contributed by atoms with Crippen molar-refractivity contribution in [3.8, 4) is 11.8 Å². The zero-order chi connectivity index (χ0) is 20.4. The lowest BCUT2D eigenvalue weighted by atomic mass is 10.00. The third kappa shape index (κ3) is 7.67. The Morgan fingerprint density at radius 2 is 2.04 bits per heavy atom. The number of carbonyl (C=O) groups excluding carboxylic acids is 1. The maximum atomic E-state index is 13.8. The number of aliphatic hydroxyl groups excluding tert-OH is 1. The summed E-state index contributed by atoms with van der Waals surface area (Å²) in [6.45, 7) is 3.73. The molecule has 1 saturated heterocycles. The number of likely N-dealkylation sites (tertiary alicyclic amines) is 1. The maximum Gasteiger partial charge on any atom is 0.327 e. The van der Waals surface area contributed by atoms with E-state index < -0.39 is 36.4 Å². The van der Waals surface area contributed by atoms with Crippen molar-refractivity contribution < 1.29 is 28.6 Å². The number of unbranched alkanes of at least 4 members (excludes halogenated alkanes) is 3. The number of aliphatic hydroxyl groups is 1. The summed E-state index contributed by atoms with van der Waals surface area (Å²) in [6, 6.07) is -0.745. The SMILES string of the molecule is CC#CC[C@@H](C)[C@@H](O)/C=C/[C@H]1CC(F)(F)C(=O)N1CCCCCCC(=O)O. The largest absolute Gasteiger partial charge is 0.481 e. The second-order valence-electron chi connectivity index (χ2n) is 7.02. The Kier molecular flexibility index (Phi) is 9.44. The van der Waals surface area contributed by atoms with E-state index in [0.29, 0.717) is 32.1 Å². The Morgan fingerprint density at radius 1 is 1.37 bits per heavy atom. The Balaban J connectivity index is 2.59. The minimum absolute atomic E-state index is 0.0879. The van der Waals surface area contributed by atoms with Crippen LogP contribution in [-0.4, -0.2) is 51.6 Å². The van der Waals surface area contributed by atoms with E-state index in [1.807, 2.05) is 6.92 Å². The molecule has 1 aliphatic heterocycles. The fraction of sp³-hybridized carbons (Fsp3) is 0.700. The topological polar surface area (TPSA) is 77.8 Å². The van der Waals surface area contributed by atoms with Crippen molar-refractivity contribution in [2.45, 2.75) is 76.9 Å². The summed E-state index contributed by atoms with van der Waals surface area (Å²) in [7, 11) is 0. The molecular formula is C20H29F2NO4. The lowest BCUT2D eigenvalue weighted by Crippen LogP contribution is -2.36. The fourth-order valence-electron chi connectivity index (χ4n) is 2.99. The van der Waals surface area contributed by atoms with Crippen LogP contribution < -0.4 is 0 Å². The first-order chi connectivity index (χ1) is 12.7. The van der Waals surface area contributed by atoms with Crippen LogP contribution in [0.3, 0.4) is 0 Å². The van der Waals surface area contributed by atoms with Gasteiger partial charge >= 0.3 is 11.9 Å². The molecular weight excluding hydrogens is 356 g/mol. The van der Waals surface area contributed by atoms with Gasteiger partial charge in [0, 0.05) is 25.8 Å². The highest BCUT2D eigenvalue weighted by molar-refractivity contribution is 5.86. The maximum absolute atomic E-state index is 13.8. The highest BCUT2D eigenvalue weighted by Gasteiger charge is 2.52. The molecule has 27 heavy (non-hydrogen) atoms. The van der Waals surface area contributed by atoms with E-state index in [1.165, 1.54) is 12.2 Å². The van der Waals surface area contributed by atoms with E-state index in [-0.39, 0.29) is 18.9 Å². The normalized spacial score (nSPS) is 21.1. The Bertz CT molecular complexity index is 595. The highest BCUT2D eigenvalue weighted by Crippen LogP contribution is 2.34. The molecule has 1 aliphatic rings. The van der Waals surface area contributed by atoms with E-state index in [4.69, 9.17) is 5.11 Å². The molecule has 1 amide bonds. The average molecular weight is 385 g/mol. The molecule has 0 aromatic carbocycles. The second-order valence-corrected chi connectivity index (χ2v) is 7.02. The quantitative estimate of drug-likeness (QED) is 0.325. The predicted octanol–water partition coefficient (Wildman–Crippen LogP) is 3.22. The minimum atomic E-state index is -3.39. The zero-order valence-electron chi connectivity index (χ0n) is 16.0. The van der Waals surface area contributed by atoms with Gasteiger partial charge in [-0.2, -0.15) is 8.78 Å². The van der Waals surface area contributed by atoms with Crippen LogP contribution in [0.15, 0.2) is 12.2 Å². The molecule has 0 bridgehead atoms. The molecule has 3 atom stereocenters. The van der Waals surface area contributed by atoms with Crippen molar-refractivity contribution in [1.29, 1.82) is 0 Å². The highest BCUT2D eigenvalue weighted by atomic mass is 19.3. The predicted molar refractivity (Wildman–Crippen MR) is 98.2 cm³/mol. The summed E-state index contributed by atoms with van der Waals surface area (Å²) < 4.78 is 27.7. The summed E-state index contributed by atoms with van der Waals surface area (Å²) >= 11 is 0. The Hall–Kier alpha value is -1.94. The van der Waals surface area contributed by atoms with Gasteiger partial charge in [-0.15, -0.1) is 11.8 Å². The molecule has 0 saturated carbocycles. The smallest absolute Gasteiger partial charge is 0.327 e. The van der Waals surface area contributed by atoms with Crippen LogP contribution in [-0.2, 0) is 9.59 Å². The monoisotopic (exact) mass is 385 g/mol. The van der Waals surface area contributed by atoms with Crippen molar-refractivity contribution in [3.63, 3.8) is 0 Å². The van der Waals surface area contributed by atoms with Crippen molar-refractivity contribution in [1.82, 2.24) is 4.90 Å². The number of carbonyl (C=O) groups is 2. The third-order valence-electron chi connectivity index (χ3n) is 4.69. The van der Waals surface area contributed by atoms with Gasteiger partial charge in [0.1, 0.15) is 0 Å². The molecule has 0 aliphatic carbocycles. The number of hydrogen-bond acceptors (Lipinski definition) is 3. The molecule has 0 spiro atoms. The number of aliphatic carboxylic acids is 1. The number of hydrogen-bond donors (Lipinski definition) is 2. The average Bonchev–Trinajstić information content (AvgIpc) is 2.82. The summed E-state index contributed by atoms with van der Waals surface area (Å²) in [4.78, 5) is 23.6. The molecule has 7 heteroatoms. The van der Waals surface area contributed by atoms with E-state index in [9.17, 15) is 23.5 Å². The van der Waals surface area contributed by atoms with Gasteiger partial charge in [0.25, 0.3) is 5.91 Å². The summed E-state index contributed by atoms with van der Waals surface area (Å²) in [5, 5.41) is 18.7. The molecule has 0 radical (unpaired) electrons. The van der Waals surface area contributed by atoms with E-state index in [2.05, 4.69) is 11.8 Å². The number of halogens is 2. The van der Waals surface area contributed by atoms with Crippen LogP contribution >= 0.6 is 0 Å². The number of rotatable bonds is 11. The number of nitrogens with zero attached hydrogens (tertiary/aromatic N) is 1. The molecule has 0 unspecified atom stereocenters. The lowest BCUT2D eigenvalue weighted by Gasteiger charge is -2.22. The molecule has 0 aromatic rings. The first-order valence-electron chi connectivity index (χ1n) is 9.35. The van der Waals surface area contributed by atoms with Gasteiger partial charge in [-0.25, -0.2) is 0 Å². The van der Waals surface area contributed by atoms with Crippen LogP contribution in [0.25, 0.3) is 0 Å². The van der Waals surface area contributed by atoms with Crippen molar-refractivity contribution >= 4 is 11.9 Å². The fourth-order valence-corrected chi connectivity index (χ4v) is 2.99. The molecule has 1 rings (SSSR count). The van der Waals surface area contributed by atoms with Gasteiger partial charge in [0.15, 0.2) is 0 Å².